The van der Waals surface area contributed by atoms with E-state index in [9.17, 15) is 4.79 Å². The number of nitrogens with zero attached hydrogens (tertiary/aromatic N) is 5. The van der Waals surface area contributed by atoms with Crippen LogP contribution in [0, 0.1) is 6.92 Å². The predicted octanol–water partition coefficient (Wildman–Crippen LogP) is 1.81. The van der Waals surface area contributed by atoms with Gasteiger partial charge in [-0.05, 0) is 41.6 Å². The average Bonchev–Trinajstić information content (AvgIpc) is 3.14. The SMILES string of the molecule is Cc1cnc(NC(=O)c2ccc(OCc3nnnn3C)cc2)s1. The average molecular weight is 330 g/mol. The molecule has 2 heterocycles. The van der Waals surface area contributed by atoms with Crippen molar-refractivity contribution >= 4 is 22.4 Å². The number of carbonyl (C=O) groups excluding carboxylic acids is 1. The third kappa shape index (κ3) is 3.69. The number of benzene rings is 1. The van der Waals surface area contributed by atoms with E-state index < -0.39 is 0 Å². The Bertz CT molecular complexity index is 811. The molecule has 0 saturated heterocycles. The molecule has 3 aromatic rings. The minimum atomic E-state index is -0.205. The van der Waals surface area contributed by atoms with E-state index in [1.54, 1.807) is 37.5 Å². The summed E-state index contributed by atoms with van der Waals surface area (Å²) in [5.41, 5.74) is 0.533. The summed E-state index contributed by atoms with van der Waals surface area (Å²) in [6.45, 7) is 2.19. The minimum Gasteiger partial charge on any atom is -0.486 e. The van der Waals surface area contributed by atoms with Gasteiger partial charge in [-0.2, -0.15) is 0 Å². The molecule has 1 aromatic carbocycles. The van der Waals surface area contributed by atoms with E-state index in [0.29, 0.717) is 22.3 Å². The summed E-state index contributed by atoms with van der Waals surface area (Å²) in [7, 11) is 1.74. The number of hydrogen-bond acceptors (Lipinski definition) is 7. The first-order valence-corrected chi connectivity index (χ1v) is 7.61. The molecular weight excluding hydrogens is 316 g/mol. The molecule has 0 saturated carbocycles. The van der Waals surface area contributed by atoms with Crippen molar-refractivity contribution < 1.29 is 9.53 Å². The summed E-state index contributed by atoms with van der Waals surface area (Å²) in [5.74, 6) is 1.05. The van der Waals surface area contributed by atoms with Crippen molar-refractivity contribution in [1.82, 2.24) is 25.2 Å². The molecule has 0 unspecified atom stereocenters. The third-order valence-electron chi connectivity index (χ3n) is 3.03. The highest BCUT2D eigenvalue weighted by atomic mass is 32.1. The molecule has 0 fully saturated rings. The fourth-order valence-corrected chi connectivity index (χ4v) is 2.46. The molecule has 2 aromatic heterocycles. The highest BCUT2D eigenvalue weighted by Gasteiger charge is 2.09. The molecular formula is C14H14N6O2S. The Morgan fingerprint density at radius 2 is 2.13 bits per heavy atom. The van der Waals surface area contributed by atoms with Gasteiger partial charge in [-0.25, -0.2) is 9.67 Å². The zero-order valence-corrected chi connectivity index (χ0v) is 13.4. The van der Waals surface area contributed by atoms with Gasteiger partial charge in [-0.1, -0.05) is 0 Å². The smallest absolute Gasteiger partial charge is 0.257 e. The molecule has 9 heteroatoms. The number of ether oxygens (including phenoxy) is 1. The second-order valence-corrected chi connectivity index (χ2v) is 6.00. The molecule has 1 N–H and O–H groups in total. The van der Waals surface area contributed by atoms with Crippen molar-refractivity contribution in [2.75, 3.05) is 5.32 Å². The van der Waals surface area contributed by atoms with Crippen LogP contribution < -0.4 is 10.1 Å². The van der Waals surface area contributed by atoms with Crippen LogP contribution in [0.5, 0.6) is 5.75 Å². The first-order chi connectivity index (χ1) is 11.1. The molecule has 118 valence electrons. The van der Waals surface area contributed by atoms with E-state index in [4.69, 9.17) is 4.74 Å². The molecule has 8 nitrogen and oxygen atoms in total. The van der Waals surface area contributed by atoms with Crippen molar-refractivity contribution in [1.29, 1.82) is 0 Å². The standard InChI is InChI=1S/C14H14N6O2S/c1-9-7-15-14(23-9)16-13(21)10-3-5-11(6-4-10)22-8-12-17-18-19-20(12)2/h3-7H,8H2,1-2H3,(H,15,16,21). The Labute approximate surface area is 136 Å². The zero-order chi connectivity index (χ0) is 16.2. The molecule has 0 spiro atoms. The third-order valence-corrected chi connectivity index (χ3v) is 3.86. The van der Waals surface area contributed by atoms with E-state index in [1.807, 2.05) is 6.92 Å². The number of tetrazole rings is 1. The highest BCUT2D eigenvalue weighted by molar-refractivity contribution is 7.15. The van der Waals surface area contributed by atoms with E-state index in [-0.39, 0.29) is 12.5 Å². The Hall–Kier alpha value is -2.81. The summed E-state index contributed by atoms with van der Waals surface area (Å²) in [4.78, 5) is 17.3. The van der Waals surface area contributed by atoms with Gasteiger partial charge in [-0.15, -0.1) is 16.4 Å². The largest absolute Gasteiger partial charge is 0.486 e. The van der Waals surface area contributed by atoms with Crippen molar-refractivity contribution in [3.8, 4) is 5.75 Å². The Morgan fingerprint density at radius 3 is 2.74 bits per heavy atom. The van der Waals surface area contributed by atoms with Gasteiger partial charge in [-0.3, -0.25) is 10.1 Å². The fraction of sp³-hybridized carbons (Fsp3) is 0.214. The van der Waals surface area contributed by atoms with Gasteiger partial charge in [0.25, 0.3) is 5.91 Å². The lowest BCUT2D eigenvalue weighted by Gasteiger charge is -2.06. The number of amides is 1. The van der Waals surface area contributed by atoms with Crippen LogP contribution in [0.2, 0.25) is 0 Å². The monoisotopic (exact) mass is 330 g/mol. The van der Waals surface area contributed by atoms with E-state index in [1.165, 1.54) is 16.0 Å². The first kappa shape index (κ1) is 15.1. The zero-order valence-electron chi connectivity index (χ0n) is 12.6. The lowest BCUT2D eigenvalue weighted by atomic mass is 10.2. The van der Waals surface area contributed by atoms with E-state index in [2.05, 4.69) is 25.8 Å². The van der Waals surface area contributed by atoms with Gasteiger partial charge in [0.05, 0.1) is 0 Å². The summed E-state index contributed by atoms with van der Waals surface area (Å²) >= 11 is 1.43. The molecule has 0 radical (unpaired) electrons. The summed E-state index contributed by atoms with van der Waals surface area (Å²) in [6.07, 6.45) is 1.72. The second kappa shape index (κ2) is 6.53. The number of nitrogens with one attached hydrogen (secondary N) is 1. The lowest BCUT2D eigenvalue weighted by Crippen LogP contribution is -2.11. The molecule has 0 bridgehead atoms. The normalized spacial score (nSPS) is 10.5. The number of anilines is 1. The maximum atomic E-state index is 12.1. The van der Waals surface area contributed by atoms with Crippen molar-refractivity contribution in [2.24, 2.45) is 7.05 Å². The topological polar surface area (TPSA) is 94.8 Å². The molecule has 0 aliphatic rings. The quantitative estimate of drug-likeness (QED) is 0.766. The van der Waals surface area contributed by atoms with Gasteiger partial charge in [0.2, 0.25) is 0 Å². The van der Waals surface area contributed by atoms with Gasteiger partial charge in [0, 0.05) is 23.7 Å². The summed E-state index contributed by atoms with van der Waals surface area (Å²) < 4.78 is 7.12. The predicted molar refractivity (Wildman–Crippen MR) is 84.4 cm³/mol. The van der Waals surface area contributed by atoms with Crippen LogP contribution in [0.4, 0.5) is 5.13 Å². The van der Waals surface area contributed by atoms with Crippen LogP contribution in [0.25, 0.3) is 0 Å². The maximum Gasteiger partial charge on any atom is 0.257 e. The van der Waals surface area contributed by atoms with Crippen molar-refractivity contribution in [2.45, 2.75) is 13.5 Å². The van der Waals surface area contributed by atoms with Crippen LogP contribution in [0.15, 0.2) is 30.5 Å². The second-order valence-electron chi connectivity index (χ2n) is 4.76. The molecule has 0 atom stereocenters. The maximum absolute atomic E-state index is 12.1. The van der Waals surface area contributed by atoms with Crippen LogP contribution in [0.3, 0.4) is 0 Å². The Kier molecular flexibility index (Phi) is 4.29. The van der Waals surface area contributed by atoms with E-state index >= 15 is 0 Å². The molecule has 23 heavy (non-hydrogen) atoms. The number of hydrogen-bond donors (Lipinski definition) is 1. The van der Waals surface area contributed by atoms with Crippen LogP contribution >= 0.6 is 11.3 Å². The molecule has 3 rings (SSSR count). The number of carbonyl (C=O) groups is 1. The minimum absolute atomic E-state index is 0.205. The first-order valence-electron chi connectivity index (χ1n) is 6.80. The van der Waals surface area contributed by atoms with E-state index in [0.717, 1.165) is 4.88 Å². The lowest BCUT2D eigenvalue weighted by molar-refractivity contribution is 0.102. The summed E-state index contributed by atoms with van der Waals surface area (Å²) in [5, 5.41) is 14.4. The van der Waals surface area contributed by atoms with Crippen molar-refractivity contribution in [3.05, 3.63) is 46.7 Å². The number of aromatic nitrogens is 5. The highest BCUT2D eigenvalue weighted by Crippen LogP contribution is 2.18. The number of aryl methyl sites for hydroxylation is 2. The fourth-order valence-electron chi connectivity index (χ4n) is 1.80. The van der Waals surface area contributed by atoms with Crippen LogP contribution in [-0.2, 0) is 13.7 Å². The van der Waals surface area contributed by atoms with Gasteiger partial charge >= 0.3 is 0 Å². The number of rotatable bonds is 5. The number of thiazole rings is 1. The Balaban J connectivity index is 1.60. The Morgan fingerprint density at radius 1 is 1.35 bits per heavy atom. The van der Waals surface area contributed by atoms with Gasteiger partial charge in [0.1, 0.15) is 12.4 Å². The van der Waals surface area contributed by atoms with Crippen LogP contribution in [0.1, 0.15) is 21.1 Å². The molecule has 0 aliphatic carbocycles. The van der Waals surface area contributed by atoms with Gasteiger partial charge in [0.15, 0.2) is 11.0 Å². The summed E-state index contributed by atoms with van der Waals surface area (Å²) in [6, 6.07) is 6.84. The van der Waals surface area contributed by atoms with Gasteiger partial charge < -0.3 is 4.74 Å². The molecule has 1 amide bonds. The van der Waals surface area contributed by atoms with Crippen molar-refractivity contribution in [3.63, 3.8) is 0 Å². The molecule has 0 aliphatic heterocycles. The van der Waals surface area contributed by atoms with Crippen LogP contribution in [-0.4, -0.2) is 31.1 Å².